The summed E-state index contributed by atoms with van der Waals surface area (Å²) >= 11 is 0. The molecule has 3 atom stereocenters. The maximum absolute atomic E-state index is 9.78. The van der Waals surface area contributed by atoms with Crippen molar-refractivity contribution in [2.75, 3.05) is 20.2 Å². The summed E-state index contributed by atoms with van der Waals surface area (Å²) in [5.41, 5.74) is -0.0271. The van der Waals surface area contributed by atoms with Gasteiger partial charge in [-0.1, -0.05) is 13.8 Å². The molecule has 1 rings (SSSR count). The molecule has 0 amide bonds. The summed E-state index contributed by atoms with van der Waals surface area (Å²) in [4.78, 5) is 2.51. The maximum Gasteiger partial charge on any atom is 0.0613 e. The summed E-state index contributed by atoms with van der Waals surface area (Å²) < 4.78 is 0. The van der Waals surface area contributed by atoms with E-state index in [-0.39, 0.29) is 12.1 Å². The van der Waals surface area contributed by atoms with Crippen LogP contribution < -0.4 is 5.32 Å². The van der Waals surface area contributed by atoms with E-state index in [4.69, 9.17) is 0 Å². The lowest BCUT2D eigenvalue weighted by molar-refractivity contribution is 0.0550. The Labute approximate surface area is 113 Å². The molecule has 0 bridgehead atoms. The molecule has 0 aromatic heterocycles. The minimum atomic E-state index is -0.0271. The van der Waals surface area contributed by atoms with E-state index in [1.807, 2.05) is 0 Å². The highest BCUT2D eigenvalue weighted by molar-refractivity contribution is 4.96. The molecule has 1 saturated carbocycles. The van der Waals surface area contributed by atoms with Crippen LogP contribution in [0.15, 0.2) is 0 Å². The normalized spacial score (nSPS) is 30.7. The number of rotatable bonds is 7. The molecule has 0 aliphatic heterocycles. The first-order valence-electron chi connectivity index (χ1n) is 7.66. The van der Waals surface area contributed by atoms with Crippen molar-refractivity contribution in [2.24, 2.45) is 0 Å². The lowest BCUT2D eigenvalue weighted by atomic mass is 9.78. The molecule has 2 N–H and O–H groups in total. The van der Waals surface area contributed by atoms with Gasteiger partial charge in [-0.3, -0.25) is 0 Å². The summed E-state index contributed by atoms with van der Waals surface area (Å²) in [6.07, 6.45) is 7.03. The first-order valence-corrected chi connectivity index (χ1v) is 7.66. The Morgan fingerprint density at radius 1 is 1.44 bits per heavy atom. The third kappa shape index (κ3) is 3.94. The van der Waals surface area contributed by atoms with Crippen LogP contribution in [0.5, 0.6) is 0 Å². The predicted molar refractivity (Wildman–Crippen MR) is 77.9 cm³/mol. The molecule has 108 valence electrons. The van der Waals surface area contributed by atoms with Crippen molar-refractivity contribution in [3.05, 3.63) is 0 Å². The predicted octanol–water partition coefficient (Wildman–Crippen LogP) is 2.39. The van der Waals surface area contributed by atoms with E-state index in [0.29, 0.717) is 12.1 Å². The molecule has 3 nitrogen and oxygen atoms in total. The van der Waals surface area contributed by atoms with E-state index in [0.717, 1.165) is 25.8 Å². The molecule has 0 saturated heterocycles. The standard InChI is InChI=1S/C15H32N2O/c1-5-10-16-15(12-18)9-7-8-14(11-15)17(4)13(3)6-2/h13-14,16,18H,5-12H2,1-4H3. The van der Waals surface area contributed by atoms with Crippen LogP contribution in [0, 0.1) is 0 Å². The van der Waals surface area contributed by atoms with Crippen molar-refractivity contribution in [2.45, 2.75) is 76.9 Å². The SMILES string of the molecule is CCCNC1(CO)CCCC(N(C)C(C)CC)C1. The van der Waals surface area contributed by atoms with Crippen LogP contribution in [-0.4, -0.2) is 47.8 Å². The van der Waals surface area contributed by atoms with Crippen LogP contribution >= 0.6 is 0 Å². The lowest BCUT2D eigenvalue weighted by Gasteiger charge is -2.45. The van der Waals surface area contributed by atoms with Gasteiger partial charge in [-0.25, -0.2) is 0 Å². The molecule has 0 spiro atoms. The topological polar surface area (TPSA) is 35.5 Å². The fourth-order valence-electron chi connectivity index (χ4n) is 3.08. The van der Waals surface area contributed by atoms with Gasteiger partial charge in [0.2, 0.25) is 0 Å². The molecule has 0 radical (unpaired) electrons. The zero-order valence-electron chi connectivity index (χ0n) is 12.7. The molecule has 0 aromatic rings. The van der Waals surface area contributed by atoms with Gasteiger partial charge in [0.05, 0.1) is 6.61 Å². The Morgan fingerprint density at radius 3 is 2.72 bits per heavy atom. The zero-order chi connectivity index (χ0) is 13.6. The second kappa shape index (κ2) is 7.46. The van der Waals surface area contributed by atoms with Gasteiger partial charge >= 0.3 is 0 Å². The monoisotopic (exact) mass is 256 g/mol. The molecular weight excluding hydrogens is 224 g/mol. The smallest absolute Gasteiger partial charge is 0.0613 e. The molecule has 0 heterocycles. The Morgan fingerprint density at radius 2 is 2.17 bits per heavy atom. The average Bonchev–Trinajstić information content (AvgIpc) is 2.43. The molecule has 3 heteroatoms. The van der Waals surface area contributed by atoms with E-state index < -0.39 is 0 Å². The first kappa shape index (κ1) is 15.9. The summed E-state index contributed by atoms with van der Waals surface area (Å²) in [7, 11) is 2.24. The third-order valence-electron chi connectivity index (χ3n) is 4.73. The highest BCUT2D eigenvalue weighted by Gasteiger charge is 2.37. The number of hydrogen-bond acceptors (Lipinski definition) is 3. The van der Waals surface area contributed by atoms with Gasteiger partial charge in [-0.05, 0) is 59.0 Å². The van der Waals surface area contributed by atoms with Crippen molar-refractivity contribution in [3.63, 3.8) is 0 Å². The summed E-state index contributed by atoms with van der Waals surface area (Å²) in [6.45, 7) is 8.02. The van der Waals surface area contributed by atoms with E-state index in [2.05, 4.69) is 38.0 Å². The van der Waals surface area contributed by atoms with Crippen LogP contribution in [0.2, 0.25) is 0 Å². The number of nitrogens with zero attached hydrogens (tertiary/aromatic N) is 1. The van der Waals surface area contributed by atoms with Gasteiger partial charge in [0.1, 0.15) is 0 Å². The van der Waals surface area contributed by atoms with Gasteiger partial charge < -0.3 is 15.3 Å². The fraction of sp³-hybridized carbons (Fsp3) is 1.00. The Hall–Kier alpha value is -0.120. The van der Waals surface area contributed by atoms with E-state index in [9.17, 15) is 5.11 Å². The largest absolute Gasteiger partial charge is 0.394 e. The van der Waals surface area contributed by atoms with Crippen molar-refractivity contribution >= 4 is 0 Å². The number of aliphatic hydroxyl groups is 1. The zero-order valence-corrected chi connectivity index (χ0v) is 12.7. The van der Waals surface area contributed by atoms with E-state index in [1.165, 1.54) is 19.3 Å². The minimum absolute atomic E-state index is 0.0271. The van der Waals surface area contributed by atoms with Crippen molar-refractivity contribution in [1.82, 2.24) is 10.2 Å². The van der Waals surface area contributed by atoms with Crippen LogP contribution in [0.25, 0.3) is 0 Å². The summed E-state index contributed by atoms with van der Waals surface area (Å²) in [5.74, 6) is 0. The van der Waals surface area contributed by atoms with Gasteiger partial charge in [0, 0.05) is 17.6 Å². The van der Waals surface area contributed by atoms with Gasteiger partial charge in [0.15, 0.2) is 0 Å². The maximum atomic E-state index is 9.78. The summed E-state index contributed by atoms with van der Waals surface area (Å²) in [6, 6.07) is 1.25. The fourth-order valence-corrected chi connectivity index (χ4v) is 3.08. The quantitative estimate of drug-likeness (QED) is 0.734. The third-order valence-corrected chi connectivity index (χ3v) is 4.73. The van der Waals surface area contributed by atoms with Crippen LogP contribution in [-0.2, 0) is 0 Å². The van der Waals surface area contributed by atoms with Gasteiger partial charge in [-0.15, -0.1) is 0 Å². The number of hydrogen-bond donors (Lipinski definition) is 2. The van der Waals surface area contributed by atoms with E-state index in [1.54, 1.807) is 0 Å². The Kier molecular flexibility index (Phi) is 6.61. The van der Waals surface area contributed by atoms with E-state index >= 15 is 0 Å². The molecule has 1 aliphatic rings. The highest BCUT2D eigenvalue weighted by atomic mass is 16.3. The Bertz CT molecular complexity index is 235. The number of aliphatic hydroxyl groups excluding tert-OH is 1. The van der Waals surface area contributed by atoms with Crippen LogP contribution in [0.4, 0.5) is 0 Å². The van der Waals surface area contributed by atoms with Crippen LogP contribution in [0.1, 0.15) is 59.3 Å². The van der Waals surface area contributed by atoms with Crippen molar-refractivity contribution < 1.29 is 5.11 Å². The molecule has 18 heavy (non-hydrogen) atoms. The van der Waals surface area contributed by atoms with Gasteiger partial charge in [-0.2, -0.15) is 0 Å². The lowest BCUT2D eigenvalue weighted by Crippen LogP contribution is -2.56. The average molecular weight is 256 g/mol. The number of nitrogens with one attached hydrogen (secondary N) is 1. The van der Waals surface area contributed by atoms with Crippen molar-refractivity contribution in [1.29, 1.82) is 0 Å². The molecule has 1 fully saturated rings. The Balaban J connectivity index is 2.62. The van der Waals surface area contributed by atoms with Crippen LogP contribution in [0.3, 0.4) is 0 Å². The molecule has 3 unspecified atom stereocenters. The second-order valence-corrected chi connectivity index (χ2v) is 6.04. The first-order chi connectivity index (χ1) is 8.58. The summed E-state index contributed by atoms with van der Waals surface area (Å²) in [5, 5.41) is 13.4. The minimum Gasteiger partial charge on any atom is -0.394 e. The molecule has 0 aromatic carbocycles. The van der Waals surface area contributed by atoms with Crippen molar-refractivity contribution in [3.8, 4) is 0 Å². The van der Waals surface area contributed by atoms with Gasteiger partial charge in [0.25, 0.3) is 0 Å². The molecule has 1 aliphatic carbocycles. The highest BCUT2D eigenvalue weighted by Crippen LogP contribution is 2.31. The second-order valence-electron chi connectivity index (χ2n) is 6.04. The molecular formula is C15H32N2O.